The summed E-state index contributed by atoms with van der Waals surface area (Å²) >= 11 is 1.43. The maximum atomic E-state index is 12.8. The Morgan fingerprint density at radius 3 is 2.42 bits per heavy atom. The highest BCUT2D eigenvalue weighted by molar-refractivity contribution is 8.18. The van der Waals surface area contributed by atoms with Gasteiger partial charge in [0.25, 0.3) is 5.91 Å². The highest BCUT2D eigenvalue weighted by atomic mass is 32.2. The molecular weight excluding hydrogens is 432 g/mol. The number of benzene rings is 2. The molecule has 33 heavy (non-hydrogen) atoms. The zero-order valence-corrected chi connectivity index (χ0v) is 19.7. The monoisotopic (exact) mass is 458 g/mol. The van der Waals surface area contributed by atoms with Crippen LogP contribution in [0.1, 0.15) is 25.0 Å². The van der Waals surface area contributed by atoms with Gasteiger partial charge < -0.3 is 9.64 Å². The summed E-state index contributed by atoms with van der Waals surface area (Å²) in [4.78, 5) is 19.9. The van der Waals surface area contributed by atoms with E-state index in [0.717, 1.165) is 40.8 Å². The number of amidine groups is 1. The van der Waals surface area contributed by atoms with Gasteiger partial charge in [0.1, 0.15) is 0 Å². The molecule has 0 radical (unpaired) electrons. The number of morpholine rings is 1. The van der Waals surface area contributed by atoms with E-state index in [2.05, 4.69) is 41.1 Å². The Morgan fingerprint density at radius 1 is 1.03 bits per heavy atom. The van der Waals surface area contributed by atoms with Crippen molar-refractivity contribution in [1.82, 2.24) is 14.7 Å². The minimum absolute atomic E-state index is 0.109. The van der Waals surface area contributed by atoms with E-state index >= 15 is 0 Å². The molecule has 2 aromatic carbocycles. The van der Waals surface area contributed by atoms with Crippen LogP contribution in [0.3, 0.4) is 0 Å². The fraction of sp³-hybridized carbons (Fsp3) is 0.269. The van der Waals surface area contributed by atoms with E-state index in [1.54, 1.807) is 0 Å². The maximum absolute atomic E-state index is 12.8. The van der Waals surface area contributed by atoms with E-state index in [1.807, 2.05) is 61.1 Å². The Hall–Kier alpha value is -3.16. The van der Waals surface area contributed by atoms with Gasteiger partial charge in [-0.05, 0) is 50.7 Å². The molecule has 0 spiro atoms. The third kappa shape index (κ3) is 4.65. The molecule has 1 fully saturated rings. The molecule has 168 valence electrons. The Kier molecular flexibility index (Phi) is 5.91. The van der Waals surface area contributed by atoms with Crippen LogP contribution in [-0.4, -0.2) is 51.1 Å². The number of carbonyl (C=O) groups is 1. The van der Waals surface area contributed by atoms with Crippen LogP contribution >= 0.6 is 11.8 Å². The second-order valence-electron chi connectivity index (χ2n) is 8.55. The summed E-state index contributed by atoms with van der Waals surface area (Å²) in [5, 5.41) is 5.61. The van der Waals surface area contributed by atoms with Crippen molar-refractivity contribution < 1.29 is 9.53 Å². The molecule has 7 heteroatoms. The summed E-state index contributed by atoms with van der Waals surface area (Å²) in [6.45, 7) is 7.63. The Balaban J connectivity index is 1.49. The van der Waals surface area contributed by atoms with Crippen molar-refractivity contribution in [3.63, 3.8) is 0 Å². The third-order valence-electron chi connectivity index (χ3n) is 5.67. The molecular formula is C26H26N4O2S. The van der Waals surface area contributed by atoms with Crippen LogP contribution in [0, 0.1) is 6.92 Å². The second kappa shape index (κ2) is 9.00. The number of hydrogen-bond acceptors (Lipinski definition) is 5. The smallest absolute Gasteiger partial charge is 0.286 e. The van der Waals surface area contributed by atoms with Gasteiger partial charge in [0.15, 0.2) is 5.17 Å². The molecule has 0 unspecified atom stereocenters. The fourth-order valence-corrected chi connectivity index (χ4v) is 5.07. The molecule has 0 N–H and O–H groups in total. The Labute approximate surface area is 198 Å². The average Bonchev–Trinajstić information content (AvgIpc) is 3.38. The van der Waals surface area contributed by atoms with E-state index in [4.69, 9.17) is 9.84 Å². The number of para-hydroxylation sites is 1. The van der Waals surface area contributed by atoms with E-state index < -0.39 is 0 Å². The van der Waals surface area contributed by atoms with Gasteiger partial charge in [-0.1, -0.05) is 48.0 Å². The van der Waals surface area contributed by atoms with Crippen LogP contribution < -0.4 is 0 Å². The van der Waals surface area contributed by atoms with Crippen LogP contribution in [0.25, 0.3) is 23.0 Å². The maximum Gasteiger partial charge on any atom is 0.286 e. The molecule has 1 saturated heterocycles. The Bertz CT molecular complexity index is 1220. The lowest BCUT2D eigenvalue weighted by Crippen LogP contribution is -2.47. The lowest BCUT2D eigenvalue weighted by molar-refractivity contribution is -0.113. The van der Waals surface area contributed by atoms with Crippen molar-refractivity contribution in [1.29, 1.82) is 0 Å². The summed E-state index contributed by atoms with van der Waals surface area (Å²) < 4.78 is 7.69. The summed E-state index contributed by atoms with van der Waals surface area (Å²) in [7, 11) is 0. The van der Waals surface area contributed by atoms with Gasteiger partial charge >= 0.3 is 0 Å². The van der Waals surface area contributed by atoms with E-state index in [1.165, 1.54) is 17.3 Å². The average molecular weight is 459 g/mol. The largest absolute Gasteiger partial charge is 0.372 e. The number of amides is 1. The number of aromatic nitrogens is 2. The summed E-state index contributed by atoms with van der Waals surface area (Å²) in [5.74, 6) is -0.205. The molecule has 1 amide bonds. The first-order valence-electron chi connectivity index (χ1n) is 11.1. The molecule has 2 atom stereocenters. The highest BCUT2D eigenvalue weighted by Crippen LogP contribution is 2.34. The standard InChI is InChI=1S/C26H26N4O2S/c1-17-9-11-20(12-10-17)24-21(16-30(28-24)22-7-5-4-6-8-22)13-23-25(31)27-26(33-23)29-14-18(2)32-19(3)15-29/h4-13,16,18-19H,14-15H2,1-3H3/b23-13-/t18-,19-/m0/s1. The molecule has 2 aliphatic rings. The zero-order chi connectivity index (χ0) is 22.9. The predicted molar refractivity (Wildman–Crippen MR) is 133 cm³/mol. The summed E-state index contributed by atoms with van der Waals surface area (Å²) in [5.41, 5.74) is 4.89. The number of carbonyl (C=O) groups excluding carboxylic acids is 1. The van der Waals surface area contributed by atoms with Crippen molar-refractivity contribution in [2.75, 3.05) is 13.1 Å². The first-order chi connectivity index (χ1) is 16.0. The van der Waals surface area contributed by atoms with Gasteiger partial charge in [-0.3, -0.25) is 4.79 Å². The topological polar surface area (TPSA) is 59.7 Å². The normalized spacial score (nSPS) is 22.2. The lowest BCUT2D eigenvalue weighted by atomic mass is 10.1. The minimum atomic E-state index is -0.205. The van der Waals surface area contributed by atoms with Gasteiger partial charge in [-0.25, -0.2) is 4.68 Å². The third-order valence-corrected chi connectivity index (χ3v) is 6.72. The van der Waals surface area contributed by atoms with Crippen LogP contribution in [0.4, 0.5) is 0 Å². The van der Waals surface area contributed by atoms with E-state index in [-0.39, 0.29) is 18.1 Å². The van der Waals surface area contributed by atoms with Gasteiger partial charge in [0.05, 0.1) is 28.5 Å². The molecule has 3 aromatic rings. The van der Waals surface area contributed by atoms with Crippen molar-refractivity contribution in [2.45, 2.75) is 33.0 Å². The summed E-state index contributed by atoms with van der Waals surface area (Å²) in [6.07, 6.45) is 4.11. The van der Waals surface area contributed by atoms with E-state index in [0.29, 0.717) is 4.91 Å². The van der Waals surface area contributed by atoms with Crippen LogP contribution in [0.15, 0.2) is 70.7 Å². The molecule has 5 rings (SSSR count). The van der Waals surface area contributed by atoms with E-state index in [9.17, 15) is 4.79 Å². The van der Waals surface area contributed by atoms with Crippen molar-refractivity contribution in [3.05, 3.63) is 76.8 Å². The van der Waals surface area contributed by atoms with Crippen molar-refractivity contribution >= 4 is 28.9 Å². The van der Waals surface area contributed by atoms with Gasteiger partial charge in [0.2, 0.25) is 0 Å². The van der Waals surface area contributed by atoms with Gasteiger partial charge in [-0.2, -0.15) is 10.1 Å². The highest BCUT2D eigenvalue weighted by Gasteiger charge is 2.31. The number of nitrogens with zero attached hydrogens (tertiary/aromatic N) is 4. The number of hydrogen-bond donors (Lipinski definition) is 0. The zero-order valence-electron chi connectivity index (χ0n) is 18.9. The van der Waals surface area contributed by atoms with Gasteiger partial charge in [-0.15, -0.1) is 0 Å². The molecule has 6 nitrogen and oxygen atoms in total. The fourth-order valence-electron chi connectivity index (χ4n) is 4.15. The van der Waals surface area contributed by atoms with Crippen LogP contribution in [-0.2, 0) is 9.53 Å². The molecule has 0 aliphatic carbocycles. The molecule has 1 aromatic heterocycles. The van der Waals surface area contributed by atoms with Crippen LogP contribution in [0.2, 0.25) is 0 Å². The quantitative estimate of drug-likeness (QED) is 0.521. The number of aliphatic imine (C=N–C) groups is 1. The minimum Gasteiger partial charge on any atom is -0.372 e. The first kappa shape index (κ1) is 21.7. The number of rotatable bonds is 3. The molecule has 0 saturated carbocycles. The predicted octanol–water partition coefficient (Wildman–Crippen LogP) is 4.93. The SMILES string of the molecule is Cc1ccc(-c2nn(-c3ccccc3)cc2/C=C2\SC(N3C[C@H](C)O[C@@H](C)C3)=NC2=O)cc1. The molecule has 0 bridgehead atoms. The summed E-state index contributed by atoms with van der Waals surface area (Å²) in [6, 6.07) is 18.3. The molecule has 2 aliphatic heterocycles. The Morgan fingerprint density at radius 2 is 1.73 bits per heavy atom. The van der Waals surface area contributed by atoms with Crippen molar-refractivity contribution in [2.24, 2.45) is 4.99 Å². The van der Waals surface area contributed by atoms with Crippen LogP contribution in [0.5, 0.6) is 0 Å². The number of ether oxygens (including phenoxy) is 1. The van der Waals surface area contributed by atoms with Gasteiger partial charge in [0, 0.05) is 30.4 Å². The lowest BCUT2D eigenvalue weighted by Gasteiger charge is -2.35. The molecule has 3 heterocycles. The second-order valence-corrected chi connectivity index (χ2v) is 9.56. The first-order valence-corrected chi connectivity index (χ1v) is 11.9. The van der Waals surface area contributed by atoms with Crippen molar-refractivity contribution in [3.8, 4) is 16.9 Å². The number of aryl methyl sites for hydroxylation is 1. The number of thioether (sulfide) groups is 1.